The Hall–Kier alpha value is -3.55. The minimum absolute atomic E-state index is 0.240. The van der Waals surface area contributed by atoms with Crippen molar-refractivity contribution in [2.24, 2.45) is 5.92 Å². The lowest BCUT2D eigenvalue weighted by Crippen LogP contribution is -2.48. The summed E-state index contributed by atoms with van der Waals surface area (Å²) in [6.07, 6.45) is -1.04. The molecule has 30 heavy (non-hydrogen) atoms. The van der Waals surface area contributed by atoms with E-state index in [0.29, 0.717) is 17.1 Å². The fraction of sp³-hybridized carbons (Fsp3) is 0.318. The summed E-state index contributed by atoms with van der Waals surface area (Å²) in [5, 5.41) is 7.92. The van der Waals surface area contributed by atoms with Gasteiger partial charge in [0, 0.05) is 11.4 Å². The fourth-order valence-corrected chi connectivity index (χ4v) is 2.55. The molecule has 160 valence electrons. The monoisotopic (exact) mass is 413 g/mol. The molecule has 2 aromatic carbocycles. The van der Waals surface area contributed by atoms with Gasteiger partial charge in [-0.2, -0.15) is 0 Å². The average Bonchev–Trinajstić information content (AvgIpc) is 2.72. The molecule has 3 N–H and O–H groups in total. The van der Waals surface area contributed by atoms with Crippen molar-refractivity contribution in [3.8, 4) is 5.75 Å². The van der Waals surface area contributed by atoms with E-state index in [-0.39, 0.29) is 5.92 Å². The first-order chi connectivity index (χ1) is 14.3. The number of rotatable bonds is 8. The largest absolute Gasteiger partial charge is 0.497 e. The molecular formula is C22H27N3O5. The Morgan fingerprint density at radius 2 is 1.43 bits per heavy atom. The minimum Gasteiger partial charge on any atom is -0.497 e. The first-order valence-electron chi connectivity index (χ1n) is 9.58. The predicted molar refractivity (Wildman–Crippen MR) is 114 cm³/mol. The zero-order valence-electron chi connectivity index (χ0n) is 17.5. The zero-order chi connectivity index (χ0) is 22.1. The molecule has 8 heteroatoms. The highest BCUT2D eigenvalue weighted by atomic mass is 16.5. The number of amides is 3. The van der Waals surface area contributed by atoms with Gasteiger partial charge in [0.15, 0.2) is 6.10 Å². The number of nitrogens with one attached hydrogen (secondary N) is 3. The Morgan fingerprint density at radius 3 is 2.00 bits per heavy atom. The lowest BCUT2D eigenvalue weighted by atomic mass is 10.0. The second-order valence-corrected chi connectivity index (χ2v) is 6.98. The number of hydrogen-bond donors (Lipinski definition) is 3. The van der Waals surface area contributed by atoms with Crippen molar-refractivity contribution >= 4 is 29.3 Å². The van der Waals surface area contributed by atoms with Crippen LogP contribution in [0.5, 0.6) is 5.75 Å². The molecule has 0 bridgehead atoms. The third kappa shape index (κ3) is 6.80. The summed E-state index contributed by atoms with van der Waals surface area (Å²) in [4.78, 5) is 37.1. The summed E-state index contributed by atoms with van der Waals surface area (Å²) in [6.45, 7) is 5.02. The molecule has 0 aliphatic heterocycles. The van der Waals surface area contributed by atoms with E-state index in [4.69, 9.17) is 9.47 Å². The van der Waals surface area contributed by atoms with Gasteiger partial charge in [-0.15, -0.1) is 0 Å². The van der Waals surface area contributed by atoms with Crippen molar-refractivity contribution in [3.63, 3.8) is 0 Å². The van der Waals surface area contributed by atoms with Crippen LogP contribution in [0.1, 0.15) is 20.8 Å². The molecule has 3 amide bonds. The van der Waals surface area contributed by atoms with Gasteiger partial charge in [0.1, 0.15) is 11.8 Å². The summed E-state index contributed by atoms with van der Waals surface area (Å²) in [7, 11) is 1.55. The zero-order valence-corrected chi connectivity index (χ0v) is 17.5. The molecule has 0 fully saturated rings. The highest BCUT2D eigenvalue weighted by Gasteiger charge is 2.29. The quantitative estimate of drug-likeness (QED) is 0.575. The van der Waals surface area contributed by atoms with Crippen LogP contribution in [0.3, 0.4) is 0 Å². The van der Waals surface area contributed by atoms with E-state index in [0.717, 1.165) is 0 Å². The van der Waals surface area contributed by atoms with Crippen LogP contribution in [-0.4, -0.2) is 37.2 Å². The summed E-state index contributed by atoms with van der Waals surface area (Å²) in [6, 6.07) is 14.2. The number of ether oxygens (including phenoxy) is 2. The third-order valence-corrected chi connectivity index (χ3v) is 4.26. The number of anilines is 2. The lowest BCUT2D eigenvalue weighted by molar-refractivity contribution is -0.156. The molecule has 2 aromatic rings. The first kappa shape index (κ1) is 22.7. The molecule has 0 heterocycles. The van der Waals surface area contributed by atoms with Crippen LogP contribution in [0, 0.1) is 5.92 Å². The molecule has 0 unspecified atom stereocenters. The molecule has 0 spiro atoms. The molecule has 0 aliphatic rings. The Kier molecular flexibility index (Phi) is 8.22. The Labute approximate surface area is 175 Å². The van der Waals surface area contributed by atoms with Crippen molar-refractivity contribution in [1.82, 2.24) is 5.32 Å². The van der Waals surface area contributed by atoms with Crippen molar-refractivity contribution in [3.05, 3.63) is 54.6 Å². The van der Waals surface area contributed by atoms with Gasteiger partial charge in [-0.1, -0.05) is 32.0 Å². The van der Waals surface area contributed by atoms with Crippen LogP contribution < -0.4 is 20.7 Å². The highest BCUT2D eigenvalue weighted by Crippen LogP contribution is 2.16. The molecule has 2 atom stereocenters. The van der Waals surface area contributed by atoms with Crippen LogP contribution in [0.4, 0.5) is 16.2 Å². The van der Waals surface area contributed by atoms with Gasteiger partial charge in [-0.3, -0.25) is 4.79 Å². The molecule has 0 saturated carbocycles. The fourth-order valence-electron chi connectivity index (χ4n) is 2.55. The van der Waals surface area contributed by atoms with Gasteiger partial charge in [0.2, 0.25) is 0 Å². The number of carbonyl (C=O) groups is 3. The number of urea groups is 1. The van der Waals surface area contributed by atoms with Gasteiger partial charge in [0.05, 0.1) is 7.11 Å². The highest BCUT2D eigenvalue weighted by molar-refractivity contribution is 5.96. The third-order valence-electron chi connectivity index (χ3n) is 4.26. The lowest BCUT2D eigenvalue weighted by Gasteiger charge is -2.23. The molecule has 0 saturated heterocycles. The van der Waals surface area contributed by atoms with Crippen molar-refractivity contribution < 1.29 is 23.9 Å². The first-order valence-corrected chi connectivity index (χ1v) is 9.58. The van der Waals surface area contributed by atoms with E-state index in [1.165, 1.54) is 6.92 Å². The topological polar surface area (TPSA) is 106 Å². The van der Waals surface area contributed by atoms with E-state index in [1.54, 1.807) is 69.5 Å². The molecule has 2 rings (SSSR count). The predicted octanol–water partition coefficient (Wildman–Crippen LogP) is 3.41. The molecule has 8 nitrogen and oxygen atoms in total. The number of hydrogen-bond acceptors (Lipinski definition) is 5. The van der Waals surface area contributed by atoms with Crippen molar-refractivity contribution in [2.75, 3.05) is 17.7 Å². The smallest absolute Gasteiger partial charge is 0.329 e. The van der Waals surface area contributed by atoms with Crippen LogP contribution in [-0.2, 0) is 14.3 Å². The van der Waals surface area contributed by atoms with Gasteiger partial charge < -0.3 is 25.4 Å². The standard InChI is InChI=1S/C22H27N3O5/c1-14(2)19(25-22(28)24-16-8-6-5-7-9-16)21(27)30-15(3)20(26)23-17-10-12-18(29-4)13-11-17/h5-15,19H,1-4H3,(H,23,26)(H2,24,25,28)/t15-,19+/m1/s1. The van der Waals surface area contributed by atoms with Crippen LogP contribution >= 0.6 is 0 Å². The normalized spacial score (nSPS) is 12.4. The Bertz CT molecular complexity index is 853. The summed E-state index contributed by atoms with van der Waals surface area (Å²) >= 11 is 0. The number of benzene rings is 2. The average molecular weight is 413 g/mol. The van der Waals surface area contributed by atoms with E-state index in [9.17, 15) is 14.4 Å². The molecule has 0 radical (unpaired) electrons. The molecule has 0 aromatic heterocycles. The van der Waals surface area contributed by atoms with E-state index in [1.807, 2.05) is 6.07 Å². The molecular weight excluding hydrogens is 386 g/mol. The van der Waals surface area contributed by atoms with Crippen LogP contribution in [0.15, 0.2) is 54.6 Å². The van der Waals surface area contributed by atoms with Gasteiger partial charge in [-0.25, -0.2) is 9.59 Å². The number of methoxy groups -OCH3 is 1. The SMILES string of the molecule is COc1ccc(NC(=O)[C@@H](C)OC(=O)[C@@H](NC(=O)Nc2ccccc2)C(C)C)cc1. The second-order valence-electron chi connectivity index (χ2n) is 6.98. The van der Waals surface area contributed by atoms with Gasteiger partial charge in [0.25, 0.3) is 5.91 Å². The maximum Gasteiger partial charge on any atom is 0.329 e. The maximum atomic E-state index is 12.6. The van der Waals surface area contributed by atoms with Crippen molar-refractivity contribution in [2.45, 2.75) is 32.9 Å². The number of para-hydroxylation sites is 1. The van der Waals surface area contributed by atoms with Crippen LogP contribution in [0.2, 0.25) is 0 Å². The van der Waals surface area contributed by atoms with E-state index in [2.05, 4.69) is 16.0 Å². The Balaban J connectivity index is 1.92. The second kappa shape index (κ2) is 10.8. The van der Waals surface area contributed by atoms with Crippen molar-refractivity contribution in [1.29, 1.82) is 0 Å². The number of carbonyl (C=O) groups excluding carboxylic acids is 3. The number of esters is 1. The summed E-state index contributed by atoms with van der Waals surface area (Å²) in [5.41, 5.74) is 1.14. The van der Waals surface area contributed by atoms with E-state index < -0.39 is 30.1 Å². The maximum absolute atomic E-state index is 12.6. The summed E-state index contributed by atoms with van der Waals surface area (Å²) < 4.78 is 10.4. The summed E-state index contributed by atoms with van der Waals surface area (Å²) in [5.74, 6) is -0.752. The van der Waals surface area contributed by atoms with E-state index >= 15 is 0 Å². The Morgan fingerprint density at radius 1 is 0.833 bits per heavy atom. The minimum atomic E-state index is -1.04. The molecule has 0 aliphatic carbocycles. The van der Waals surface area contributed by atoms with Gasteiger partial charge in [-0.05, 0) is 49.2 Å². The van der Waals surface area contributed by atoms with Crippen LogP contribution in [0.25, 0.3) is 0 Å². The van der Waals surface area contributed by atoms with Gasteiger partial charge >= 0.3 is 12.0 Å².